The SMILES string of the molecule is Cc1cccc(C)c1NC(=O)CN(C)C(=O)C1CCNC1. The lowest BCUT2D eigenvalue weighted by molar-refractivity contribution is -0.136. The van der Waals surface area contributed by atoms with Gasteiger partial charge in [0.2, 0.25) is 11.8 Å². The van der Waals surface area contributed by atoms with Crippen LogP contribution in [-0.2, 0) is 9.59 Å². The lowest BCUT2D eigenvalue weighted by Crippen LogP contribution is -2.39. The number of para-hydroxylation sites is 1. The van der Waals surface area contributed by atoms with E-state index in [1.165, 1.54) is 4.90 Å². The normalized spacial score (nSPS) is 17.6. The van der Waals surface area contributed by atoms with Crippen molar-refractivity contribution in [3.05, 3.63) is 29.3 Å². The summed E-state index contributed by atoms with van der Waals surface area (Å²) in [5, 5.41) is 6.07. The Morgan fingerprint density at radius 1 is 1.33 bits per heavy atom. The zero-order chi connectivity index (χ0) is 15.4. The van der Waals surface area contributed by atoms with E-state index in [-0.39, 0.29) is 24.3 Å². The molecule has 114 valence electrons. The molecule has 0 radical (unpaired) electrons. The van der Waals surface area contributed by atoms with Crippen molar-refractivity contribution >= 4 is 17.5 Å². The molecule has 1 atom stereocenters. The Kier molecular flexibility index (Phi) is 4.96. The minimum absolute atomic E-state index is 0.00278. The second-order valence-electron chi connectivity index (χ2n) is 5.70. The van der Waals surface area contributed by atoms with E-state index in [1.54, 1.807) is 7.05 Å². The van der Waals surface area contributed by atoms with E-state index in [4.69, 9.17) is 0 Å². The lowest BCUT2D eigenvalue weighted by atomic mass is 10.1. The summed E-state index contributed by atoms with van der Waals surface area (Å²) in [6.07, 6.45) is 0.849. The van der Waals surface area contributed by atoms with Crippen LogP contribution in [0.2, 0.25) is 0 Å². The molecule has 5 heteroatoms. The molecule has 1 saturated heterocycles. The quantitative estimate of drug-likeness (QED) is 0.878. The number of nitrogens with one attached hydrogen (secondary N) is 2. The highest BCUT2D eigenvalue weighted by Gasteiger charge is 2.26. The van der Waals surface area contributed by atoms with E-state index in [9.17, 15) is 9.59 Å². The van der Waals surface area contributed by atoms with E-state index < -0.39 is 0 Å². The van der Waals surface area contributed by atoms with Gasteiger partial charge in [-0.3, -0.25) is 9.59 Å². The van der Waals surface area contributed by atoms with Crippen LogP contribution in [0.5, 0.6) is 0 Å². The highest BCUT2D eigenvalue weighted by Crippen LogP contribution is 2.19. The number of benzene rings is 1. The number of hydrogen-bond acceptors (Lipinski definition) is 3. The fourth-order valence-electron chi connectivity index (χ4n) is 2.66. The van der Waals surface area contributed by atoms with E-state index in [0.29, 0.717) is 6.54 Å². The van der Waals surface area contributed by atoms with E-state index in [1.807, 2.05) is 32.0 Å². The first-order chi connectivity index (χ1) is 9.99. The molecule has 1 heterocycles. The maximum Gasteiger partial charge on any atom is 0.243 e. The average Bonchev–Trinajstić information content (AvgIpc) is 2.96. The summed E-state index contributed by atoms with van der Waals surface area (Å²) in [5.74, 6) is -0.117. The van der Waals surface area contributed by atoms with Crippen molar-refractivity contribution in [2.75, 3.05) is 32.0 Å². The number of carbonyl (C=O) groups is 2. The van der Waals surface area contributed by atoms with Gasteiger partial charge in [0.1, 0.15) is 0 Å². The molecule has 0 saturated carbocycles. The van der Waals surface area contributed by atoms with E-state index in [2.05, 4.69) is 10.6 Å². The van der Waals surface area contributed by atoms with Crippen LogP contribution in [0.1, 0.15) is 17.5 Å². The van der Waals surface area contributed by atoms with Crippen molar-refractivity contribution in [2.24, 2.45) is 5.92 Å². The fraction of sp³-hybridized carbons (Fsp3) is 0.500. The highest BCUT2D eigenvalue weighted by atomic mass is 16.2. The topological polar surface area (TPSA) is 61.4 Å². The monoisotopic (exact) mass is 289 g/mol. The molecule has 5 nitrogen and oxygen atoms in total. The van der Waals surface area contributed by atoms with Gasteiger partial charge in [-0.15, -0.1) is 0 Å². The molecule has 21 heavy (non-hydrogen) atoms. The molecule has 1 fully saturated rings. The number of likely N-dealkylation sites (N-methyl/N-ethyl adjacent to an activating group) is 1. The molecule has 2 rings (SSSR count). The summed E-state index contributed by atoms with van der Waals surface area (Å²) in [5.41, 5.74) is 2.89. The zero-order valence-electron chi connectivity index (χ0n) is 12.9. The molecule has 1 aliphatic heterocycles. The fourth-order valence-corrected chi connectivity index (χ4v) is 2.66. The zero-order valence-corrected chi connectivity index (χ0v) is 12.9. The molecule has 0 aromatic heterocycles. The third kappa shape index (κ3) is 3.82. The van der Waals surface area contributed by atoms with E-state index >= 15 is 0 Å². The molecule has 2 amide bonds. The van der Waals surface area contributed by atoms with Crippen LogP contribution in [0.4, 0.5) is 5.69 Å². The molecule has 0 spiro atoms. The summed E-state index contributed by atoms with van der Waals surface area (Å²) in [4.78, 5) is 25.8. The maximum absolute atomic E-state index is 12.2. The third-order valence-electron chi connectivity index (χ3n) is 3.91. The molecule has 1 aliphatic rings. The number of aryl methyl sites for hydroxylation is 2. The number of hydrogen-bond donors (Lipinski definition) is 2. The largest absolute Gasteiger partial charge is 0.336 e. The Balaban J connectivity index is 1.93. The van der Waals surface area contributed by atoms with Gasteiger partial charge >= 0.3 is 0 Å². The van der Waals surface area contributed by atoms with Gasteiger partial charge in [-0.1, -0.05) is 18.2 Å². The van der Waals surface area contributed by atoms with Gasteiger partial charge in [-0.2, -0.15) is 0 Å². The van der Waals surface area contributed by atoms with Gasteiger partial charge in [0.15, 0.2) is 0 Å². The smallest absolute Gasteiger partial charge is 0.243 e. The molecule has 1 unspecified atom stereocenters. The lowest BCUT2D eigenvalue weighted by Gasteiger charge is -2.20. The third-order valence-corrected chi connectivity index (χ3v) is 3.91. The summed E-state index contributed by atoms with van der Waals surface area (Å²) < 4.78 is 0. The minimum Gasteiger partial charge on any atom is -0.336 e. The van der Waals surface area contributed by atoms with Crippen molar-refractivity contribution < 1.29 is 9.59 Å². The number of carbonyl (C=O) groups excluding carboxylic acids is 2. The minimum atomic E-state index is -0.158. The first-order valence-corrected chi connectivity index (χ1v) is 7.31. The van der Waals surface area contributed by atoms with Crippen LogP contribution in [0.15, 0.2) is 18.2 Å². The Morgan fingerprint density at radius 2 is 2.00 bits per heavy atom. The first-order valence-electron chi connectivity index (χ1n) is 7.31. The van der Waals surface area contributed by atoms with Crippen LogP contribution >= 0.6 is 0 Å². The van der Waals surface area contributed by atoms with Crippen molar-refractivity contribution in [3.63, 3.8) is 0 Å². The highest BCUT2D eigenvalue weighted by molar-refractivity contribution is 5.96. The number of amides is 2. The van der Waals surface area contributed by atoms with Gasteiger partial charge in [0.25, 0.3) is 0 Å². The molecule has 1 aromatic rings. The van der Waals surface area contributed by atoms with Crippen LogP contribution in [0.3, 0.4) is 0 Å². The molecule has 0 bridgehead atoms. The Morgan fingerprint density at radius 3 is 2.57 bits per heavy atom. The standard InChI is InChI=1S/C16H23N3O2/c1-11-5-4-6-12(2)15(11)18-14(20)10-19(3)16(21)13-7-8-17-9-13/h4-6,13,17H,7-10H2,1-3H3,(H,18,20). The summed E-state index contributed by atoms with van der Waals surface area (Å²) in [6, 6.07) is 5.88. The Bertz CT molecular complexity index is 516. The molecule has 2 N–H and O–H groups in total. The Hall–Kier alpha value is -1.88. The van der Waals surface area contributed by atoms with Crippen molar-refractivity contribution in [1.29, 1.82) is 0 Å². The van der Waals surface area contributed by atoms with Crippen molar-refractivity contribution in [1.82, 2.24) is 10.2 Å². The van der Waals surface area contributed by atoms with Crippen LogP contribution < -0.4 is 10.6 Å². The summed E-state index contributed by atoms with van der Waals surface area (Å²) in [7, 11) is 1.69. The van der Waals surface area contributed by atoms with Gasteiger partial charge < -0.3 is 15.5 Å². The van der Waals surface area contributed by atoms with Gasteiger partial charge in [0, 0.05) is 19.3 Å². The second-order valence-corrected chi connectivity index (χ2v) is 5.70. The maximum atomic E-state index is 12.2. The molecular weight excluding hydrogens is 266 g/mol. The van der Waals surface area contributed by atoms with Gasteiger partial charge in [-0.05, 0) is 37.9 Å². The summed E-state index contributed by atoms with van der Waals surface area (Å²) in [6.45, 7) is 5.59. The first kappa shape index (κ1) is 15.5. The number of anilines is 1. The predicted molar refractivity (Wildman–Crippen MR) is 83.2 cm³/mol. The van der Waals surface area contributed by atoms with Gasteiger partial charge in [-0.25, -0.2) is 0 Å². The van der Waals surface area contributed by atoms with Crippen LogP contribution in [0, 0.1) is 19.8 Å². The number of nitrogens with zero attached hydrogens (tertiary/aromatic N) is 1. The van der Waals surface area contributed by atoms with Crippen molar-refractivity contribution in [3.8, 4) is 0 Å². The predicted octanol–water partition coefficient (Wildman–Crippen LogP) is 1.31. The van der Waals surface area contributed by atoms with E-state index in [0.717, 1.165) is 29.8 Å². The average molecular weight is 289 g/mol. The van der Waals surface area contributed by atoms with Crippen molar-refractivity contribution in [2.45, 2.75) is 20.3 Å². The number of rotatable bonds is 4. The summed E-state index contributed by atoms with van der Waals surface area (Å²) >= 11 is 0. The van der Waals surface area contributed by atoms with Gasteiger partial charge in [0.05, 0.1) is 12.5 Å². The molecular formula is C16H23N3O2. The molecule has 0 aliphatic carbocycles. The van der Waals surface area contributed by atoms with Crippen LogP contribution in [0.25, 0.3) is 0 Å². The van der Waals surface area contributed by atoms with Crippen LogP contribution in [-0.4, -0.2) is 43.4 Å². The Labute approximate surface area is 125 Å². The molecule has 1 aromatic carbocycles. The second kappa shape index (κ2) is 6.72.